The highest BCUT2D eigenvalue weighted by atomic mass is 32.2. The number of nitrogens with zero attached hydrogens (tertiary/aromatic N) is 1. The average Bonchev–Trinajstić information content (AvgIpc) is 2.31. The first-order chi connectivity index (χ1) is 8.18. The molecular weight excluding hydrogens is 238 g/mol. The van der Waals surface area contributed by atoms with Crippen LogP contribution in [-0.2, 0) is 4.79 Å². The van der Waals surface area contributed by atoms with Crippen LogP contribution in [0, 0.1) is 0 Å². The molecule has 0 amide bonds. The molecule has 5 nitrogen and oxygen atoms in total. The van der Waals surface area contributed by atoms with E-state index in [2.05, 4.69) is 16.6 Å². The standard InChI is InChI=1S/C11H23N3O2S/c1-2-3-8-17-14-9-13-7-5-4-6-10(12)11(15)16/h9-10H,2-8,12H2,1H3,(H,13,14)(H,15,16)/t10-/m0/s1. The van der Waals surface area contributed by atoms with Crippen molar-refractivity contribution in [2.75, 3.05) is 12.3 Å². The molecule has 0 aromatic rings. The van der Waals surface area contributed by atoms with Gasteiger partial charge in [0, 0.05) is 12.3 Å². The van der Waals surface area contributed by atoms with Crippen LogP contribution < -0.4 is 10.5 Å². The zero-order valence-corrected chi connectivity index (χ0v) is 11.2. The van der Waals surface area contributed by atoms with Crippen molar-refractivity contribution in [1.82, 2.24) is 4.72 Å². The van der Waals surface area contributed by atoms with Gasteiger partial charge in [0.2, 0.25) is 0 Å². The topological polar surface area (TPSA) is 87.7 Å². The fourth-order valence-electron chi connectivity index (χ4n) is 1.11. The maximum absolute atomic E-state index is 10.4. The van der Waals surface area contributed by atoms with E-state index in [1.807, 2.05) is 0 Å². The Labute approximate surface area is 107 Å². The van der Waals surface area contributed by atoms with Gasteiger partial charge >= 0.3 is 5.97 Å². The van der Waals surface area contributed by atoms with Crippen LogP contribution in [0.25, 0.3) is 0 Å². The summed E-state index contributed by atoms with van der Waals surface area (Å²) in [5, 5.41) is 8.56. The summed E-state index contributed by atoms with van der Waals surface area (Å²) in [6.45, 7) is 2.88. The molecular formula is C11H23N3O2S. The minimum atomic E-state index is -0.928. The third kappa shape index (κ3) is 11.5. The van der Waals surface area contributed by atoms with Crippen molar-refractivity contribution < 1.29 is 9.90 Å². The van der Waals surface area contributed by atoms with Gasteiger partial charge in [0.25, 0.3) is 0 Å². The van der Waals surface area contributed by atoms with Gasteiger partial charge in [-0.1, -0.05) is 25.3 Å². The Morgan fingerprint density at radius 3 is 2.94 bits per heavy atom. The molecule has 6 heteroatoms. The Kier molecular flexibility index (Phi) is 11.2. The van der Waals surface area contributed by atoms with Crippen LogP contribution in [0.3, 0.4) is 0 Å². The molecule has 0 aliphatic rings. The number of unbranched alkanes of at least 4 members (excludes halogenated alkanes) is 2. The number of carboxylic acids is 1. The molecule has 0 aromatic heterocycles. The SMILES string of the molecule is CCCCSNC=NCCCC[C@H](N)C(=O)O. The number of nitrogens with two attached hydrogens (primary N) is 1. The summed E-state index contributed by atoms with van der Waals surface area (Å²) in [5.41, 5.74) is 5.37. The summed E-state index contributed by atoms with van der Waals surface area (Å²) in [7, 11) is 0. The lowest BCUT2D eigenvalue weighted by molar-refractivity contribution is -0.138. The van der Waals surface area contributed by atoms with E-state index in [0.717, 1.165) is 18.6 Å². The average molecular weight is 261 g/mol. The third-order valence-corrected chi connectivity index (χ3v) is 2.96. The van der Waals surface area contributed by atoms with Gasteiger partial charge in [0.1, 0.15) is 6.04 Å². The van der Waals surface area contributed by atoms with E-state index in [4.69, 9.17) is 10.8 Å². The number of aliphatic imine (C=N–C) groups is 1. The minimum absolute atomic E-state index is 0.517. The van der Waals surface area contributed by atoms with E-state index >= 15 is 0 Å². The van der Waals surface area contributed by atoms with Gasteiger partial charge in [-0.15, -0.1) is 0 Å². The second-order valence-electron chi connectivity index (χ2n) is 3.80. The normalized spacial score (nSPS) is 12.8. The quantitative estimate of drug-likeness (QED) is 0.228. The summed E-state index contributed by atoms with van der Waals surface area (Å²) in [4.78, 5) is 14.6. The summed E-state index contributed by atoms with van der Waals surface area (Å²) in [6, 6.07) is -0.735. The lowest BCUT2D eigenvalue weighted by Gasteiger charge is -2.04. The molecule has 0 bridgehead atoms. The maximum atomic E-state index is 10.4. The lowest BCUT2D eigenvalue weighted by atomic mass is 10.1. The van der Waals surface area contributed by atoms with Gasteiger partial charge < -0.3 is 15.6 Å². The first-order valence-electron chi connectivity index (χ1n) is 6.02. The number of carboxylic acid groups (broad SMARTS) is 1. The number of aliphatic carboxylic acids is 1. The van der Waals surface area contributed by atoms with Crippen LogP contribution in [0.4, 0.5) is 0 Å². The zero-order valence-electron chi connectivity index (χ0n) is 10.4. The summed E-state index contributed by atoms with van der Waals surface area (Å²) in [6.07, 6.45) is 6.31. The highest BCUT2D eigenvalue weighted by Crippen LogP contribution is 2.00. The summed E-state index contributed by atoms with van der Waals surface area (Å²) < 4.78 is 3.04. The predicted molar refractivity (Wildman–Crippen MR) is 73.3 cm³/mol. The van der Waals surface area contributed by atoms with E-state index in [1.165, 1.54) is 12.8 Å². The molecule has 0 rings (SSSR count). The number of nitrogens with one attached hydrogen (secondary N) is 1. The molecule has 0 heterocycles. The van der Waals surface area contributed by atoms with E-state index in [9.17, 15) is 4.79 Å². The van der Waals surface area contributed by atoms with Crippen LogP contribution >= 0.6 is 11.9 Å². The molecule has 17 heavy (non-hydrogen) atoms. The van der Waals surface area contributed by atoms with E-state index in [1.54, 1.807) is 18.3 Å². The van der Waals surface area contributed by atoms with Crippen molar-refractivity contribution in [3.63, 3.8) is 0 Å². The van der Waals surface area contributed by atoms with Gasteiger partial charge in [-0.2, -0.15) is 0 Å². The lowest BCUT2D eigenvalue weighted by Crippen LogP contribution is -2.29. The molecule has 1 atom stereocenters. The predicted octanol–water partition coefficient (Wildman–Crippen LogP) is 1.63. The monoisotopic (exact) mass is 261 g/mol. The fourth-order valence-corrected chi connectivity index (χ4v) is 1.81. The first kappa shape index (κ1) is 16.2. The van der Waals surface area contributed by atoms with Gasteiger partial charge in [-0.05, 0) is 25.7 Å². The Bertz CT molecular complexity index is 225. The third-order valence-electron chi connectivity index (χ3n) is 2.20. The van der Waals surface area contributed by atoms with Gasteiger partial charge in [0.15, 0.2) is 0 Å². The molecule has 0 saturated heterocycles. The summed E-state index contributed by atoms with van der Waals surface area (Å²) in [5.74, 6) is 0.165. The minimum Gasteiger partial charge on any atom is -0.480 e. The van der Waals surface area contributed by atoms with Crippen LogP contribution in [0.1, 0.15) is 39.0 Å². The van der Waals surface area contributed by atoms with Gasteiger partial charge in [-0.3, -0.25) is 9.79 Å². The fraction of sp³-hybridized carbons (Fsp3) is 0.818. The number of rotatable bonds is 11. The van der Waals surface area contributed by atoms with Crippen molar-refractivity contribution in [1.29, 1.82) is 0 Å². The zero-order chi connectivity index (χ0) is 12.9. The van der Waals surface area contributed by atoms with Crippen LogP contribution in [0.15, 0.2) is 4.99 Å². The van der Waals surface area contributed by atoms with Crippen LogP contribution in [-0.4, -0.2) is 35.8 Å². The van der Waals surface area contributed by atoms with Gasteiger partial charge in [-0.25, -0.2) is 0 Å². The molecule has 0 aromatic carbocycles. The second kappa shape index (κ2) is 11.7. The number of hydrogen-bond donors (Lipinski definition) is 3. The molecule has 0 saturated carbocycles. The molecule has 100 valence electrons. The van der Waals surface area contributed by atoms with Crippen LogP contribution in [0.2, 0.25) is 0 Å². The molecule has 0 radical (unpaired) electrons. The van der Waals surface area contributed by atoms with Crippen molar-refractivity contribution in [2.24, 2.45) is 10.7 Å². The van der Waals surface area contributed by atoms with Crippen molar-refractivity contribution in [2.45, 2.75) is 45.1 Å². The van der Waals surface area contributed by atoms with E-state index in [-0.39, 0.29) is 0 Å². The van der Waals surface area contributed by atoms with Crippen molar-refractivity contribution in [3.8, 4) is 0 Å². The van der Waals surface area contributed by atoms with Crippen molar-refractivity contribution in [3.05, 3.63) is 0 Å². The Balaban J connectivity index is 3.22. The highest BCUT2D eigenvalue weighted by Gasteiger charge is 2.09. The van der Waals surface area contributed by atoms with E-state index in [0.29, 0.717) is 13.0 Å². The molecule has 4 N–H and O–H groups in total. The van der Waals surface area contributed by atoms with Gasteiger partial charge in [0.05, 0.1) is 6.34 Å². The van der Waals surface area contributed by atoms with Crippen molar-refractivity contribution >= 4 is 24.3 Å². The molecule has 0 unspecified atom stereocenters. The maximum Gasteiger partial charge on any atom is 0.320 e. The molecule has 0 spiro atoms. The Hall–Kier alpha value is -0.750. The Morgan fingerprint density at radius 2 is 2.29 bits per heavy atom. The molecule has 0 aliphatic carbocycles. The number of carbonyl (C=O) groups is 1. The molecule has 0 aliphatic heterocycles. The number of hydrogen-bond acceptors (Lipinski definition) is 4. The van der Waals surface area contributed by atoms with E-state index < -0.39 is 12.0 Å². The highest BCUT2D eigenvalue weighted by molar-refractivity contribution is 7.97. The smallest absolute Gasteiger partial charge is 0.320 e. The molecule has 0 fully saturated rings. The van der Waals surface area contributed by atoms with Crippen LogP contribution in [0.5, 0.6) is 0 Å². The first-order valence-corrected chi connectivity index (χ1v) is 7.01. The second-order valence-corrected chi connectivity index (χ2v) is 4.73. The summed E-state index contributed by atoms with van der Waals surface area (Å²) >= 11 is 1.65. The largest absolute Gasteiger partial charge is 0.480 e. The Morgan fingerprint density at radius 1 is 1.53 bits per heavy atom.